The predicted molar refractivity (Wildman–Crippen MR) is 75.2 cm³/mol. The van der Waals surface area contributed by atoms with Gasteiger partial charge in [-0.05, 0) is 36.2 Å². The van der Waals surface area contributed by atoms with Crippen LogP contribution in [0.3, 0.4) is 0 Å². The SMILES string of the molecule is CCc1nnsc1C(=O)Nc1cc(Cl)ccc1OC. The molecule has 1 N–H and O–H groups in total. The van der Waals surface area contributed by atoms with E-state index in [1.54, 1.807) is 18.2 Å². The summed E-state index contributed by atoms with van der Waals surface area (Å²) >= 11 is 6.98. The van der Waals surface area contributed by atoms with Gasteiger partial charge in [-0.15, -0.1) is 5.10 Å². The molecule has 1 aromatic carbocycles. The number of carbonyl (C=O) groups excluding carboxylic acids is 1. The van der Waals surface area contributed by atoms with Crippen molar-refractivity contribution in [2.45, 2.75) is 13.3 Å². The van der Waals surface area contributed by atoms with Crippen LogP contribution >= 0.6 is 23.1 Å². The van der Waals surface area contributed by atoms with Gasteiger partial charge in [0.1, 0.15) is 10.6 Å². The fourth-order valence-electron chi connectivity index (χ4n) is 1.57. The van der Waals surface area contributed by atoms with E-state index in [1.807, 2.05) is 6.92 Å². The molecule has 0 saturated heterocycles. The van der Waals surface area contributed by atoms with Crippen LogP contribution in [-0.4, -0.2) is 22.6 Å². The topological polar surface area (TPSA) is 64.1 Å². The smallest absolute Gasteiger partial charge is 0.269 e. The van der Waals surface area contributed by atoms with Crippen LogP contribution in [0.1, 0.15) is 22.3 Å². The molecule has 0 aliphatic carbocycles. The Morgan fingerprint density at radius 1 is 1.53 bits per heavy atom. The van der Waals surface area contributed by atoms with Gasteiger partial charge in [0.05, 0.1) is 18.5 Å². The van der Waals surface area contributed by atoms with E-state index < -0.39 is 0 Å². The monoisotopic (exact) mass is 297 g/mol. The molecule has 1 amide bonds. The summed E-state index contributed by atoms with van der Waals surface area (Å²) in [6.45, 7) is 1.92. The molecule has 2 aromatic rings. The highest BCUT2D eigenvalue weighted by Crippen LogP contribution is 2.28. The van der Waals surface area contributed by atoms with Crippen molar-refractivity contribution < 1.29 is 9.53 Å². The molecule has 0 fully saturated rings. The van der Waals surface area contributed by atoms with Crippen molar-refractivity contribution in [1.29, 1.82) is 0 Å². The summed E-state index contributed by atoms with van der Waals surface area (Å²) in [4.78, 5) is 12.7. The van der Waals surface area contributed by atoms with E-state index in [0.29, 0.717) is 33.5 Å². The van der Waals surface area contributed by atoms with Gasteiger partial charge in [0.2, 0.25) is 0 Å². The molecule has 0 atom stereocenters. The Kier molecular flexibility index (Phi) is 4.34. The third-order valence-corrected chi connectivity index (χ3v) is 3.51. The highest BCUT2D eigenvalue weighted by atomic mass is 35.5. The largest absolute Gasteiger partial charge is 0.495 e. The van der Waals surface area contributed by atoms with Crippen LogP contribution in [0, 0.1) is 0 Å². The first-order valence-electron chi connectivity index (χ1n) is 5.61. The summed E-state index contributed by atoms with van der Waals surface area (Å²) in [6.07, 6.45) is 0.659. The number of rotatable bonds is 4. The number of nitrogens with one attached hydrogen (secondary N) is 1. The number of amides is 1. The molecule has 7 heteroatoms. The number of hydrogen-bond acceptors (Lipinski definition) is 5. The highest BCUT2D eigenvalue weighted by Gasteiger charge is 2.16. The minimum Gasteiger partial charge on any atom is -0.495 e. The highest BCUT2D eigenvalue weighted by molar-refractivity contribution is 7.08. The Hall–Kier alpha value is -1.66. The van der Waals surface area contributed by atoms with Gasteiger partial charge in [0, 0.05) is 5.02 Å². The fraction of sp³-hybridized carbons (Fsp3) is 0.250. The summed E-state index contributed by atoms with van der Waals surface area (Å²) in [5.74, 6) is 0.292. The lowest BCUT2D eigenvalue weighted by molar-refractivity contribution is 0.102. The number of hydrogen-bond donors (Lipinski definition) is 1. The van der Waals surface area contributed by atoms with Gasteiger partial charge in [-0.2, -0.15) is 0 Å². The Labute approximate surface area is 119 Å². The Morgan fingerprint density at radius 2 is 2.32 bits per heavy atom. The molecule has 1 heterocycles. The molecule has 0 bridgehead atoms. The van der Waals surface area contributed by atoms with Crippen molar-refractivity contribution in [2.75, 3.05) is 12.4 Å². The summed E-state index contributed by atoms with van der Waals surface area (Å²) < 4.78 is 8.96. The second-order valence-corrected chi connectivity index (χ2v) is 4.89. The van der Waals surface area contributed by atoms with Crippen LogP contribution < -0.4 is 10.1 Å². The first kappa shape index (κ1) is 13.8. The normalized spacial score (nSPS) is 10.3. The van der Waals surface area contributed by atoms with Crippen LogP contribution in [0.2, 0.25) is 5.02 Å². The molecular weight excluding hydrogens is 286 g/mol. The van der Waals surface area contributed by atoms with E-state index in [-0.39, 0.29) is 5.91 Å². The maximum atomic E-state index is 12.2. The van der Waals surface area contributed by atoms with E-state index in [0.717, 1.165) is 11.5 Å². The quantitative estimate of drug-likeness (QED) is 0.942. The number of ether oxygens (including phenoxy) is 1. The van der Waals surface area contributed by atoms with Crippen molar-refractivity contribution in [1.82, 2.24) is 9.59 Å². The van der Waals surface area contributed by atoms with Crippen LogP contribution in [0.25, 0.3) is 0 Å². The van der Waals surface area contributed by atoms with E-state index in [9.17, 15) is 4.79 Å². The summed E-state index contributed by atoms with van der Waals surface area (Å²) in [7, 11) is 1.53. The zero-order valence-corrected chi connectivity index (χ0v) is 12.0. The van der Waals surface area contributed by atoms with Crippen LogP contribution in [0.15, 0.2) is 18.2 Å². The number of benzene rings is 1. The number of methoxy groups -OCH3 is 1. The zero-order chi connectivity index (χ0) is 13.8. The van der Waals surface area contributed by atoms with Gasteiger partial charge >= 0.3 is 0 Å². The molecule has 1 aromatic heterocycles. The lowest BCUT2D eigenvalue weighted by Crippen LogP contribution is -2.13. The van der Waals surface area contributed by atoms with E-state index in [2.05, 4.69) is 14.9 Å². The second kappa shape index (κ2) is 5.99. The molecule has 0 spiro atoms. The first-order chi connectivity index (χ1) is 9.15. The van der Waals surface area contributed by atoms with Gasteiger partial charge in [-0.1, -0.05) is 23.0 Å². The number of carbonyl (C=O) groups is 1. The molecule has 0 unspecified atom stereocenters. The summed E-state index contributed by atoms with van der Waals surface area (Å²) in [5.41, 5.74) is 1.21. The Balaban J connectivity index is 2.26. The third-order valence-electron chi connectivity index (χ3n) is 2.51. The Bertz CT molecular complexity index is 600. The van der Waals surface area contributed by atoms with Gasteiger partial charge in [-0.3, -0.25) is 4.79 Å². The molecular formula is C12H12ClN3O2S. The standard InChI is InChI=1S/C12H12ClN3O2S/c1-3-8-11(19-16-15-8)12(17)14-9-6-7(13)4-5-10(9)18-2/h4-6H,3H2,1-2H3,(H,14,17). The molecule has 19 heavy (non-hydrogen) atoms. The predicted octanol–water partition coefficient (Wildman–Crippen LogP) is 3.01. The van der Waals surface area contributed by atoms with E-state index in [4.69, 9.17) is 16.3 Å². The van der Waals surface area contributed by atoms with E-state index >= 15 is 0 Å². The fourth-order valence-corrected chi connectivity index (χ4v) is 2.39. The lowest BCUT2D eigenvalue weighted by Gasteiger charge is -2.09. The summed E-state index contributed by atoms with van der Waals surface area (Å²) in [5, 5.41) is 7.19. The van der Waals surface area contributed by atoms with E-state index in [1.165, 1.54) is 7.11 Å². The number of aromatic nitrogens is 2. The van der Waals surface area contributed by atoms with Crippen LogP contribution in [0.5, 0.6) is 5.75 Å². The van der Waals surface area contributed by atoms with Crippen molar-refractivity contribution in [3.63, 3.8) is 0 Å². The van der Waals surface area contributed by atoms with Gasteiger partial charge in [0.25, 0.3) is 5.91 Å². The average Bonchev–Trinajstić information content (AvgIpc) is 2.87. The van der Waals surface area contributed by atoms with Crippen molar-refractivity contribution in [2.24, 2.45) is 0 Å². The zero-order valence-electron chi connectivity index (χ0n) is 10.4. The number of anilines is 1. The number of aryl methyl sites for hydroxylation is 1. The average molecular weight is 298 g/mol. The molecule has 2 rings (SSSR count). The number of nitrogens with zero attached hydrogens (tertiary/aromatic N) is 2. The molecule has 0 aliphatic heterocycles. The second-order valence-electron chi connectivity index (χ2n) is 3.70. The molecule has 0 radical (unpaired) electrons. The first-order valence-corrected chi connectivity index (χ1v) is 6.77. The molecule has 0 aliphatic rings. The van der Waals surface area contributed by atoms with Gasteiger partial charge in [0.15, 0.2) is 0 Å². The third kappa shape index (κ3) is 3.02. The van der Waals surface area contributed by atoms with Crippen molar-refractivity contribution in [3.05, 3.63) is 33.8 Å². The van der Waals surface area contributed by atoms with Crippen LogP contribution in [0.4, 0.5) is 5.69 Å². The Morgan fingerprint density at radius 3 is 3.00 bits per heavy atom. The molecule has 100 valence electrons. The van der Waals surface area contributed by atoms with Crippen LogP contribution in [-0.2, 0) is 6.42 Å². The maximum absolute atomic E-state index is 12.2. The molecule has 0 saturated carbocycles. The minimum absolute atomic E-state index is 0.257. The van der Waals surface area contributed by atoms with Crippen molar-refractivity contribution >= 4 is 34.7 Å². The van der Waals surface area contributed by atoms with Gasteiger partial charge in [-0.25, -0.2) is 0 Å². The summed E-state index contributed by atoms with van der Waals surface area (Å²) in [6, 6.07) is 5.03. The van der Waals surface area contributed by atoms with Crippen molar-refractivity contribution in [3.8, 4) is 5.75 Å². The van der Waals surface area contributed by atoms with Gasteiger partial charge < -0.3 is 10.1 Å². The maximum Gasteiger partial charge on any atom is 0.269 e. The lowest BCUT2D eigenvalue weighted by atomic mass is 10.2. The number of halogens is 1. The molecule has 5 nitrogen and oxygen atoms in total. The minimum atomic E-state index is -0.257.